The molecular weight excluding hydrogens is 160 g/mol. The maximum absolute atomic E-state index is 4.20. The van der Waals surface area contributed by atoms with Crippen LogP contribution in [-0.2, 0) is 6.54 Å². The van der Waals surface area contributed by atoms with Gasteiger partial charge in [0.25, 0.3) is 0 Å². The maximum atomic E-state index is 4.20. The molecule has 0 N–H and O–H groups in total. The third-order valence-electron chi connectivity index (χ3n) is 3.66. The molecule has 1 aromatic heterocycles. The zero-order valence-electron chi connectivity index (χ0n) is 8.49. The first-order chi connectivity index (χ1) is 6.09. The minimum Gasteiger partial charge on any atom is -0.334 e. The van der Waals surface area contributed by atoms with Crippen molar-refractivity contribution in [3.63, 3.8) is 0 Å². The van der Waals surface area contributed by atoms with Crippen molar-refractivity contribution in [1.82, 2.24) is 9.55 Å². The largest absolute Gasteiger partial charge is 0.334 e. The number of imidazole rings is 1. The highest BCUT2D eigenvalue weighted by atomic mass is 15.1. The van der Waals surface area contributed by atoms with E-state index in [1.165, 1.54) is 12.2 Å². The molecule has 2 heterocycles. The van der Waals surface area contributed by atoms with Crippen LogP contribution in [0.5, 0.6) is 0 Å². The third-order valence-corrected chi connectivity index (χ3v) is 3.66. The smallest absolute Gasteiger partial charge is 0.0948 e. The Bertz CT molecular complexity index is 345. The highest BCUT2D eigenvalue weighted by Gasteiger charge is 2.60. The Labute approximate surface area is 79.0 Å². The normalized spacial score (nSPS) is 35.8. The number of fused-ring (bicyclic) bond motifs is 3. The van der Waals surface area contributed by atoms with Gasteiger partial charge in [-0.25, -0.2) is 4.98 Å². The summed E-state index contributed by atoms with van der Waals surface area (Å²) >= 11 is 0. The van der Waals surface area contributed by atoms with Gasteiger partial charge in [-0.15, -0.1) is 0 Å². The lowest BCUT2D eigenvalue weighted by Crippen LogP contribution is -2.14. The summed E-state index contributed by atoms with van der Waals surface area (Å²) < 4.78 is 2.32. The molecule has 1 saturated carbocycles. The van der Waals surface area contributed by atoms with Crippen LogP contribution in [0, 0.1) is 17.3 Å². The van der Waals surface area contributed by atoms with Crippen molar-refractivity contribution in [1.29, 1.82) is 0 Å². The van der Waals surface area contributed by atoms with Gasteiger partial charge in [0.1, 0.15) is 0 Å². The summed E-state index contributed by atoms with van der Waals surface area (Å²) in [6.45, 7) is 8.28. The van der Waals surface area contributed by atoms with Crippen molar-refractivity contribution >= 4 is 0 Å². The molecule has 1 aromatic rings. The highest BCUT2D eigenvalue weighted by molar-refractivity contribution is 5.27. The van der Waals surface area contributed by atoms with Crippen molar-refractivity contribution in [2.24, 2.45) is 17.3 Å². The van der Waals surface area contributed by atoms with E-state index in [9.17, 15) is 0 Å². The van der Waals surface area contributed by atoms with Crippen molar-refractivity contribution in [3.8, 4) is 0 Å². The summed E-state index contributed by atoms with van der Waals surface area (Å²) in [4.78, 5) is 4.20. The van der Waals surface area contributed by atoms with E-state index in [4.69, 9.17) is 0 Å². The second-order valence-electron chi connectivity index (χ2n) is 5.55. The third kappa shape index (κ3) is 0.862. The molecule has 0 bridgehead atoms. The average molecular weight is 176 g/mol. The Balaban J connectivity index is 1.93. The van der Waals surface area contributed by atoms with Gasteiger partial charge in [0.2, 0.25) is 0 Å². The van der Waals surface area contributed by atoms with E-state index in [2.05, 4.69) is 36.5 Å². The van der Waals surface area contributed by atoms with Gasteiger partial charge in [0, 0.05) is 24.4 Å². The Morgan fingerprint density at radius 1 is 1.46 bits per heavy atom. The summed E-state index contributed by atoms with van der Waals surface area (Å²) in [7, 11) is 0. The maximum Gasteiger partial charge on any atom is 0.0948 e. The zero-order chi connectivity index (χ0) is 9.22. The van der Waals surface area contributed by atoms with E-state index in [0.29, 0.717) is 5.41 Å². The molecule has 0 aromatic carbocycles. The van der Waals surface area contributed by atoms with Crippen LogP contribution in [0.2, 0.25) is 0 Å². The van der Waals surface area contributed by atoms with Crippen LogP contribution in [0.15, 0.2) is 12.5 Å². The molecule has 0 spiro atoms. The highest BCUT2D eigenvalue weighted by Crippen LogP contribution is 2.65. The van der Waals surface area contributed by atoms with Crippen molar-refractivity contribution in [2.75, 3.05) is 0 Å². The fourth-order valence-electron chi connectivity index (χ4n) is 3.17. The minimum absolute atomic E-state index is 0.477. The topological polar surface area (TPSA) is 17.8 Å². The van der Waals surface area contributed by atoms with Crippen LogP contribution in [0.1, 0.15) is 32.4 Å². The van der Waals surface area contributed by atoms with Crippen molar-refractivity contribution in [3.05, 3.63) is 18.2 Å². The van der Waals surface area contributed by atoms with Crippen LogP contribution < -0.4 is 0 Å². The van der Waals surface area contributed by atoms with Gasteiger partial charge in [-0.1, -0.05) is 20.8 Å². The van der Waals surface area contributed by atoms with Crippen LogP contribution >= 0.6 is 0 Å². The van der Waals surface area contributed by atoms with Crippen LogP contribution in [0.4, 0.5) is 0 Å². The lowest BCUT2D eigenvalue weighted by Gasteiger charge is -2.20. The molecule has 2 nitrogen and oxygen atoms in total. The molecule has 3 rings (SSSR count). The van der Waals surface area contributed by atoms with Crippen LogP contribution in [0.25, 0.3) is 0 Å². The predicted octanol–water partition coefficient (Wildman–Crippen LogP) is 2.27. The number of aromatic nitrogens is 2. The molecule has 2 heteroatoms. The second kappa shape index (κ2) is 1.99. The average Bonchev–Trinajstić information content (AvgIpc) is 2.39. The van der Waals surface area contributed by atoms with Gasteiger partial charge in [-0.05, 0) is 17.3 Å². The number of hydrogen-bond donors (Lipinski definition) is 0. The van der Waals surface area contributed by atoms with Crippen molar-refractivity contribution < 1.29 is 0 Å². The molecule has 3 unspecified atom stereocenters. The molecule has 1 fully saturated rings. The minimum atomic E-state index is 0.477. The number of nitrogens with zero attached hydrogens (tertiary/aromatic N) is 2. The van der Waals surface area contributed by atoms with Gasteiger partial charge in [-0.2, -0.15) is 0 Å². The Morgan fingerprint density at radius 2 is 2.23 bits per heavy atom. The summed E-state index contributed by atoms with van der Waals surface area (Å²) in [5.74, 6) is 2.64. The van der Waals surface area contributed by atoms with Gasteiger partial charge in [0.05, 0.1) is 6.33 Å². The molecule has 70 valence electrons. The fourth-order valence-corrected chi connectivity index (χ4v) is 3.17. The van der Waals surface area contributed by atoms with Crippen LogP contribution in [-0.4, -0.2) is 9.55 Å². The number of rotatable bonds is 0. The molecule has 3 atom stereocenters. The monoisotopic (exact) mass is 176 g/mol. The standard InChI is InChI=1S/C11H16N2/c1-11(2,3)10-7-5-13-6-12-4-8(13)9(7)10/h4,6-7,9-10H,5H2,1-3H3. The summed E-state index contributed by atoms with van der Waals surface area (Å²) in [5, 5.41) is 0. The van der Waals surface area contributed by atoms with E-state index in [-0.39, 0.29) is 0 Å². The van der Waals surface area contributed by atoms with Gasteiger partial charge in [0.15, 0.2) is 0 Å². The van der Waals surface area contributed by atoms with E-state index < -0.39 is 0 Å². The Hall–Kier alpha value is -0.790. The summed E-state index contributed by atoms with van der Waals surface area (Å²) in [6, 6.07) is 0. The summed E-state index contributed by atoms with van der Waals surface area (Å²) in [5.41, 5.74) is 1.95. The van der Waals surface area contributed by atoms with Gasteiger partial charge < -0.3 is 4.57 Å². The van der Waals surface area contributed by atoms with E-state index in [0.717, 1.165) is 17.8 Å². The van der Waals surface area contributed by atoms with Crippen molar-refractivity contribution in [2.45, 2.75) is 33.2 Å². The number of hydrogen-bond acceptors (Lipinski definition) is 1. The first-order valence-corrected chi connectivity index (χ1v) is 5.09. The van der Waals surface area contributed by atoms with E-state index in [1.807, 2.05) is 6.33 Å². The Kier molecular flexibility index (Phi) is 1.17. The first-order valence-electron chi connectivity index (χ1n) is 5.09. The second-order valence-corrected chi connectivity index (χ2v) is 5.55. The van der Waals surface area contributed by atoms with Gasteiger partial charge in [-0.3, -0.25) is 0 Å². The van der Waals surface area contributed by atoms with E-state index >= 15 is 0 Å². The van der Waals surface area contributed by atoms with E-state index in [1.54, 1.807) is 0 Å². The summed E-state index contributed by atoms with van der Waals surface area (Å²) in [6.07, 6.45) is 4.03. The Morgan fingerprint density at radius 3 is 2.92 bits per heavy atom. The zero-order valence-corrected chi connectivity index (χ0v) is 8.49. The molecule has 0 saturated heterocycles. The quantitative estimate of drug-likeness (QED) is 0.593. The first kappa shape index (κ1) is 7.60. The lowest BCUT2D eigenvalue weighted by molar-refractivity contribution is 0.309. The molecule has 1 aliphatic heterocycles. The molecular formula is C11H16N2. The molecule has 1 aliphatic carbocycles. The molecule has 0 amide bonds. The SMILES string of the molecule is CC(C)(C)C1C2Cn3cncc3C21. The fraction of sp³-hybridized carbons (Fsp3) is 0.727. The lowest BCUT2D eigenvalue weighted by atomic mass is 9.87. The van der Waals surface area contributed by atoms with Crippen LogP contribution in [0.3, 0.4) is 0 Å². The van der Waals surface area contributed by atoms with Gasteiger partial charge >= 0.3 is 0 Å². The molecule has 13 heavy (non-hydrogen) atoms. The predicted molar refractivity (Wildman–Crippen MR) is 51.4 cm³/mol. The molecule has 2 aliphatic rings. The molecule has 0 radical (unpaired) electrons.